The van der Waals surface area contributed by atoms with Gasteiger partial charge in [0.2, 0.25) is 5.88 Å². The van der Waals surface area contributed by atoms with Crippen LogP contribution in [0.1, 0.15) is 23.7 Å². The topological polar surface area (TPSA) is 38.6 Å². The lowest BCUT2D eigenvalue weighted by Gasteiger charge is -2.09. The van der Waals surface area contributed by atoms with Crippen molar-refractivity contribution in [2.24, 2.45) is 0 Å². The van der Waals surface area contributed by atoms with Gasteiger partial charge in [0, 0.05) is 24.7 Å². The maximum Gasteiger partial charge on any atom is 0.237 e. The van der Waals surface area contributed by atoms with Crippen molar-refractivity contribution >= 4 is 16.3 Å². The Hall–Kier alpha value is -1.85. The van der Waals surface area contributed by atoms with Crippen LogP contribution in [-0.2, 0) is 19.5 Å². The van der Waals surface area contributed by atoms with Gasteiger partial charge in [-0.3, -0.25) is 4.40 Å². The minimum absolute atomic E-state index is 0.707. The fourth-order valence-corrected chi connectivity index (χ4v) is 3.25. The highest BCUT2D eigenvalue weighted by atomic mass is 32.1. The quantitative estimate of drug-likeness (QED) is 0.759. The molecule has 2 heterocycles. The zero-order chi connectivity index (χ0) is 14.7. The Morgan fingerprint density at radius 2 is 2.05 bits per heavy atom. The number of nitrogens with one attached hydrogen (secondary N) is 1. The maximum atomic E-state index is 5.37. The van der Waals surface area contributed by atoms with Crippen molar-refractivity contribution in [3.05, 3.63) is 52.7 Å². The first-order chi connectivity index (χ1) is 10.3. The van der Waals surface area contributed by atoms with E-state index in [4.69, 9.17) is 4.74 Å². The summed E-state index contributed by atoms with van der Waals surface area (Å²) in [5.74, 6) is 0.707. The van der Waals surface area contributed by atoms with Gasteiger partial charge in [-0.25, -0.2) is 0 Å². The molecule has 4 nitrogen and oxygen atoms in total. The number of hydrogen-bond acceptors (Lipinski definition) is 4. The van der Waals surface area contributed by atoms with Gasteiger partial charge in [-0.05, 0) is 17.5 Å². The first-order valence-corrected chi connectivity index (χ1v) is 7.97. The Balaban J connectivity index is 1.73. The number of nitrogens with zero attached hydrogens (tertiary/aromatic N) is 2. The zero-order valence-electron chi connectivity index (χ0n) is 12.3. The fraction of sp³-hybridized carbons (Fsp3) is 0.312. The molecule has 0 aliphatic carbocycles. The summed E-state index contributed by atoms with van der Waals surface area (Å²) in [7, 11) is 1.67. The van der Waals surface area contributed by atoms with Crippen LogP contribution in [0.2, 0.25) is 0 Å². The molecule has 5 heteroatoms. The lowest BCUT2D eigenvalue weighted by molar-refractivity contribution is 0.393. The van der Waals surface area contributed by atoms with E-state index in [1.54, 1.807) is 18.4 Å². The number of aryl methyl sites for hydroxylation is 1. The summed E-state index contributed by atoms with van der Waals surface area (Å²) in [6.07, 6.45) is 3.09. The van der Waals surface area contributed by atoms with Crippen LogP contribution in [-0.4, -0.2) is 16.5 Å². The van der Waals surface area contributed by atoms with E-state index < -0.39 is 0 Å². The van der Waals surface area contributed by atoms with Gasteiger partial charge in [0.15, 0.2) is 4.96 Å². The SMILES string of the molecule is CCc1ccccc1CNCc1c(OC)nc2sccn12. The van der Waals surface area contributed by atoms with Crippen molar-refractivity contribution in [1.82, 2.24) is 14.7 Å². The van der Waals surface area contributed by atoms with Crippen molar-refractivity contribution in [1.29, 1.82) is 0 Å². The third-order valence-electron chi connectivity index (χ3n) is 3.62. The summed E-state index contributed by atoms with van der Waals surface area (Å²) in [5, 5.41) is 5.54. The van der Waals surface area contributed by atoms with Crippen LogP contribution in [0.15, 0.2) is 35.8 Å². The standard InChI is InChI=1S/C16H19N3OS/c1-3-12-6-4-5-7-13(12)10-17-11-14-15(20-2)18-16-19(14)8-9-21-16/h4-9,17H,3,10-11H2,1-2H3. The molecule has 1 aromatic carbocycles. The molecule has 0 atom stereocenters. The van der Waals surface area contributed by atoms with Crippen LogP contribution < -0.4 is 10.1 Å². The summed E-state index contributed by atoms with van der Waals surface area (Å²) in [6, 6.07) is 8.55. The van der Waals surface area contributed by atoms with Crippen molar-refractivity contribution < 1.29 is 4.74 Å². The van der Waals surface area contributed by atoms with Gasteiger partial charge in [-0.2, -0.15) is 4.98 Å². The average molecular weight is 301 g/mol. The molecule has 0 unspecified atom stereocenters. The van der Waals surface area contributed by atoms with Crippen LogP contribution in [0, 0.1) is 0 Å². The Morgan fingerprint density at radius 1 is 1.24 bits per heavy atom. The van der Waals surface area contributed by atoms with E-state index in [0.29, 0.717) is 5.88 Å². The van der Waals surface area contributed by atoms with Gasteiger partial charge in [-0.1, -0.05) is 31.2 Å². The third kappa shape index (κ3) is 2.80. The van der Waals surface area contributed by atoms with Crippen LogP contribution in [0.25, 0.3) is 4.96 Å². The molecule has 0 saturated heterocycles. The van der Waals surface area contributed by atoms with E-state index in [9.17, 15) is 0 Å². The second-order valence-corrected chi connectivity index (χ2v) is 5.72. The van der Waals surface area contributed by atoms with E-state index >= 15 is 0 Å². The predicted octanol–water partition coefficient (Wildman–Crippen LogP) is 3.26. The van der Waals surface area contributed by atoms with Crippen molar-refractivity contribution in [2.75, 3.05) is 7.11 Å². The molecule has 0 radical (unpaired) electrons. The van der Waals surface area contributed by atoms with Crippen molar-refractivity contribution in [3.63, 3.8) is 0 Å². The lowest BCUT2D eigenvalue weighted by atomic mass is 10.1. The van der Waals surface area contributed by atoms with Crippen molar-refractivity contribution in [3.8, 4) is 5.88 Å². The molecule has 0 fully saturated rings. The predicted molar refractivity (Wildman–Crippen MR) is 86.0 cm³/mol. The monoisotopic (exact) mass is 301 g/mol. The van der Waals surface area contributed by atoms with Gasteiger partial charge in [0.25, 0.3) is 0 Å². The summed E-state index contributed by atoms with van der Waals surface area (Å²) in [5.41, 5.74) is 3.82. The van der Waals surface area contributed by atoms with E-state index in [1.165, 1.54) is 11.1 Å². The van der Waals surface area contributed by atoms with E-state index in [1.807, 2.05) is 11.6 Å². The van der Waals surface area contributed by atoms with Gasteiger partial charge >= 0.3 is 0 Å². The number of rotatable bonds is 6. The Morgan fingerprint density at radius 3 is 2.81 bits per heavy atom. The minimum atomic E-state index is 0.707. The Bertz CT molecular complexity index is 732. The number of imidazole rings is 1. The van der Waals surface area contributed by atoms with Gasteiger partial charge in [0.05, 0.1) is 7.11 Å². The lowest BCUT2D eigenvalue weighted by Crippen LogP contribution is -2.15. The summed E-state index contributed by atoms with van der Waals surface area (Å²) < 4.78 is 7.46. The van der Waals surface area contributed by atoms with E-state index in [0.717, 1.165) is 30.2 Å². The van der Waals surface area contributed by atoms with Gasteiger partial charge in [-0.15, -0.1) is 11.3 Å². The molecule has 110 valence electrons. The molecule has 2 aromatic heterocycles. The smallest absolute Gasteiger partial charge is 0.237 e. The minimum Gasteiger partial charge on any atom is -0.480 e. The van der Waals surface area contributed by atoms with Crippen LogP contribution in [0.4, 0.5) is 0 Å². The number of methoxy groups -OCH3 is 1. The summed E-state index contributed by atoms with van der Waals surface area (Å²) >= 11 is 1.62. The molecule has 0 bridgehead atoms. The number of aromatic nitrogens is 2. The molecular formula is C16H19N3OS. The number of thiazole rings is 1. The zero-order valence-corrected chi connectivity index (χ0v) is 13.1. The van der Waals surface area contributed by atoms with Crippen LogP contribution >= 0.6 is 11.3 Å². The molecule has 1 N–H and O–H groups in total. The molecular weight excluding hydrogens is 282 g/mol. The molecule has 0 saturated carbocycles. The molecule has 0 aliphatic heterocycles. The molecule has 3 rings (SSSR count). The number of fused-ring (bicyclic) bond motifs is 1. The fourth-order valence-electron chi connectivity index (χ4n) is 2.53. The first kappa shape index (κ1) is 14.1. The van der Waals surface area contributed by atoms with E-state index in [-0.39, 0.29) is 0 Å². The molecule has 0 spiro atoms. The van der Waals surface area contributed by atoms with E-state index in [2.05, 4.69) is 45.9 Å². The second kappa shape index (κ2) is 6.28. The normalized spacial score (nSPS) is 11.1. The van der Waals surface area contributed by atoms with Crippen LogP contribution in [0.5, 0.6) is 5.88 Å². The largest absolute Gasteiger partial charge is 0.480 e. The summed E-state index contributed by atoms with van der Waals surface area (Å²) in [4.78, 5) is 5.44. The number of ether oxygens (including phenoxy) is 1. The van der Waals surface area contributed by atoms with Crippen LogP contribution in [0.3, 0.4) is 0 Å². The second-order valence-electron chi connectivity index (χ2n) is 4.85. The molecule has 21 heavy (non-hydrogen) atoms. The highest BCUT2D eigenvalue weighted by molar-refractivity contribution is 7.15. The molecule has 3 aromatic rings. The summed E-state index contributed by atoms with van der Waals surface area (Å²) in [6.45, 7) is 3.78. The third-order valence-corrected chi connectivity index (χ3v) is 4.38. The van der Waals surface area contributed by atoms with Gasteiger partial charge in [0.1, 0.15) is 5.69 Å². The highest BCUT2D eigenvalue weighted by Crippen LogP contribution is 2.23. The Kier molecular flexibility index (Phi) is 4.22. The maximum absolute atomic E-state index is 5.37. The average Bonchev–Trinajstić information content (AvgIpc) is 3.09. The molecule has 0 amide bonds. The molecule has 0 aliphatic rings. The van der Waals surface area contributed by atoms with Gasteiger partial charge < -0.3 is 10.1 Å². The number of hydrogen-bond donors (Lipinski definition) is 1. The first-order valence-electron chi connectivity index (χ1n) is 7.09. The highest BCUT2D eigenvalue weighted by Gasteiger charge is 2.13. The Labute approximate surface area is 128 Å². The number of benzene rings is 1. The van der Waals surface area contributed by atoms with Crippen molar-refractivity contribution in [2.45, 2.75) is 26.4 Å².